The van der Waals surface area contributed by atoms with Gasteiger partial charge < -0.3 is 4.74 Å². The minimum atomic E-state index is -0.457. The van der Waals surface area contributed by atoms with Gasteiger partial charge in [-0.25, -0.2) is 0 Å². The second kappa shape index (κ2) is 8.95. The van der Waals surface area contributed by atoms with E-state index >= 15 is 0 Å². The number of thiocarbonyl (C=S) groups is 1. The van der Waals surface area contributed by atoms with E-state index in [-0.39, 0.29) is 10.7 Å². The Morgan fingerprint density at radius 1 is 1.07 bits per heavy atom. The van der Waals surface area contributed by atoms with Gasteiger partial charge in [-0.1, -0.05) is 39.7 Å². The zero-order valence-corrected chi connectivity index (χ0v) is 20.2. The van der Waals surface area contributed by atoms with Gasteiger partial charge in [0, 0.05) is 18.6 Å². The van der Waals surface area contributed by atoms with E-state index in [1.54, 1.807) is 12.1 Å². The van der Waals surface area contributed by atoms with Crippen LogP contribution in [-0.2, 0) is 16.2 Å². The highest BCUT2D eigenvalue weighted by Crippen LogP contribution is 2.36. The quantitative estimate of drug-likeness (QED) is 0.300. The first kappa shape index (κ1) is 22.0. The van der Waals surface area contributed by atoms with E-state index in [0.29, 0.717) is 27.4 Å². The third-order valence-corrected chi connectivity index (χ3v) is 6.22. The van der Waals surface area contributed by atoms with Crippen LogP contribution in [0.2, 0.25) is 5.02 Å². The van der Waals surface area contributed by atoms with Crippen molar-refractivity contribution in [1.29, 1.82) is 0 Å². The Morgan fingerprint density at radius 2 is 1.66 bits per heavy atom. The van der Waals surface area contributed by atoms with Crippen molar-refractivity contribution in [3.63, 3.8) is 0 Å². The minimum Gasteiger partial charge on any atom is -0.486 e. The molecule has 0 saturated carbocycles. The Kier molecular flexibility index (Phi) is 6.78. The first-order chi connectivity index (χ1) is 13.7. The van der Waals surface area contributed by atoms with Crippen LogP contribution in [0.5, 0.6) is 5.75 Å². The van der Waals surface area contributed by atoms with Crippen molar-refractivity contribution in [2.75, 3.05) is 14.1 Å². The van der Waals surface area contributed by atoms with Gasteiger partial charge in [-0.2, -0.15) is 0 Å². The molecule has 150 valence electrons. The fourth-order valence-corrected chi connectivity index (χ4v) is 4.10. The van der Waals surface area contributed by atoms with E-state index in [1.165, 1.54) is 30.0 Å². The van der Waals surface area contributed by atoms with Gasteiger partial charge in [0.15, 0.2) is 10.9 Å². The molecular formula is C20H15Br2ClN2O3S. The van der Waals surface area contributed by atoms with Crippen molar-refractivity contribution >= 4 is 78.7 Å². The zero-order chi connectivity index (χ0) is 21.3. The Bertz CT molecular complexity index is 992. The molecule has 9 heteroatoms. The van der Waals surface area contributed by atoms with Crippen molar-refractivity contribution in [1.82, 2.24) is 9.80 Å². The minimum absolute atomic E-state index is 0.00935. The lowest BCUT2D eigenvalue weighted by molar-refractivity contribution is -0.132. The number of carbonyl (C=O) groups is 2. The smallest absolute Gasteiger partial charge is 0.265 e. The lowest BCUT2D eigenvalue weighted by atomic mass is 10.1. The van der Waals surface area contributed by atoms with Crippen LogP contribution >= 0.6 is 55.7 Å². The number of hydrogen-bond acceptors (Lipinski definition) is 4. The molecule has 3 rings (SSSR count). The molecule has 0 N–H and O–H groups in total. The summed E-state index contributed by atoms with van der Waals surface area (Å²) in [4.78, 5) is 27.4. The number of likely N-dealkylation sites (N-methyl/N-ethyl adjacent to an activating group) is 2. The molecule has 0 aromatic heterocycles. The second-order valence-electron chi connectivity index (χ2n) is 6.30. The molecule has 2 aromatic carbocycles. The number of ether oxygens (including phenoxy) is 1. The lowest BCUT2D eigenvalue weighted by Gasteiger charge is -2.31. The summed E-state index contributed by atoms with van der Waals surface area (Å²) >= 11 is 18.3. The highest BCUT2D eigenvalue weighted by Gasteiger charge is 2.35. The van der Waals surface area contributed by atoms with Crippen molar-refractivity contribution in [2.45, 2.75) is 6.61 Å². The van der Waals surface area contributed by atoms with Crippen LogP contribution in [0.15, 0.2) is 50.9 Å². The average molecular weight is 559 g/mol. The molecule has 2 amide bonds. The highest BCUT2D eigenvalue weighted by atomic mass is 79.9. The first-order valence-corrected chi connectivity index (χ1v) is 10.7. The van der Waals surface area contributed by atoms with Crippen molar-refractivity contribution < 1.29 is 14.3 Å². The molecule has 1 aliphatic rings. The molecule has 1 heterocycles. The van der Waals surface area contributed by atoms with Crippen LogP contribution in [0.25, 0.3) is 6.08 Å². The van der Waals surface area contributed by atoms with Crippen molar-refractivity contribution in [3.8, 4) is 5.75 Å². The zero-order valence-electron chi connectivity index (χ0n) is 15.4. The maximum atomic E-state index is 12.5. The van der Waals surface area contributed by atoms with E-state index in [9.17, 15) is 9.59 Å². The van der Waals surface area contributed by atoms with Gasteiger partial charge in [-0.15, -0.1) is 0 Å². The second-order valence-corrected chi connectivity index (χ2v) is 8.84. The van der Waals surface area contributed by atoms with Crippen molar-refractivity contribution in [3.05, 3.63) is 67.1 Å². The maximum Gasteiger partial charge on any atom is 0.265 e. The summed E-state index contributed by atoms with van der Waals surface area (Å²) in [5, 5.41) is 0.518. The first-order valence-electron chi connectivity index (χ1n) is 8.37. The molecule has 0 bridgehead atoms. The molecule has 0 unspecified atom stereocenters. The summed E-state index contributed by atoms with van der Waals surface area (Å²) in [6.45, 7) is 0.343. The Balaban J connectivity index is 1.86. The summed E-state index contributed by atoms with van der Waals surface area (Å²) in [6.07, 6.45) is 1.49. The Labute approximate surface area is 195 Å². The average Bonchev–Trinajstić information content (AvgIpc) is 2.69. The third-order valence-electron chi connectivity index (χ3n) is 4.27. The van der Waals surface area contributed by atoms with Gasteiger partial charge >= 0.3 is 0 Å². The van der Waals surface area contributed by atoms with Crippen molar-refractivity contribution in [2.24, 2.45) is 0 Å². The molecule has 1 fully saturated rings. The monoisotopic (exact) mass is 556 g/mol. The topological polar surface area (TPSA) is 49.9 Å². The molecule has 0 atom stereocenters. The van der Waals surface area contributed by atoms with Gasteiger partial charge in [0.1, 0.15) is 12.2 Å². The molecule has 0 spiro atoms. The van der Waals surface area contributed by atoms with Gasteiger partial charge in [-0.3, -0.25) is 19.4 Å². The van der Waals surface area contributed by atoms with Gasteiger partial charge in [0.2, 0.25) is 0 Å². The van der Waals surface area contributed by atoms with Gasteiger partial charge in [-0.05, 0) is 69.6 Å². The molecule has 1 saturated heterocycles. The summed E-state index contributed by atoms with van der Waals surface area (Å²) in [6, 6.07) is 11.1. The van der Waals surface area contributed by atoms with Crippen LogP contribution in [0.1, 0.15) is 11.1 Å². The molecule has 1 aliphatic heterocycles. The number of benzene rings is 2. The summed E-state index contributed by atoms with van der Waals surface area (Å²) in [5.41, 5.74) is 1.59. The van der Waals surface area contributed by atoms with Crippen LogP contribution < -0.4 is 4.74 Å². The van der Waals surface area contributed by atoms with Crippen LogP contribution in [0, 0.1) is 0 Å². The SMILES string of the molecule is CN1C(=O)C(=Cc2cc(Cl)c(OCc3ccc(Br)cc3)c(Br)c2)C(=O)N(C)C1=S. The molecule has 29 heavy (non-hydrogen) atoms. The van der Waals surface area contributed by atoms with Crippen LogP contribution in [-0.4, -0.2) is 40.8 Å². The third kappa shape index (κ3) is 4.71. The Hall–Kier alpha value is -1.74. The number of carbonyl (C=O) groups excluding carboxylic acids is 2. The standard InChI is InChI=1S/C20H15Br2ClN2O3S/c1-24-18(26)14(19(27)25(2)20(24)29)7-12-8-15(22)17(16(23)9-12)28-10-11-3-5-13(21)6-4-11/h3-9H,10H2,1-2H3. The summed E-state index contributed by atoms with van der Waals surface area (Å²) in [7, 11) is 3.06. The largest absolute Gasteiger partial charge is 0.486 e. The maximum absolute atomic E-state index is 12.5. The molecular weight excluding hydrogens is 544 g/mol. The number of amides is 2. The number of hydrogen-bond donors (Lipinski definition) is 0. The van der Waals surface area contributed by atoms with E-state index < -0.39 is 11.8 Å². The molecule has 2 aromatic rings. The predicted molar refractivity (Wildman–Crippen MR) is 124 cm³/mol. The number of halogens is 3. The summed E-state index contributed by atoms with van der Waals surface area (Å²) in [5.74, 6) is -0.435. The number of nitrogens with zero attached hydrogens (tertiary/aromatic N) is 2. The van der Waals surface area contributed by atoms with E-state index in [1.807, 2.05) is 24.3 Å². The van der Waals surface area contributed by atoms with Crippen LogP contribution in [0.3, 0.4) is 0 Å². The van der Waals surface area contributed by atoms with Gasteiger partial charge in [0.25, 0.3) is 11.8 Å². The number of rotatable bonds is 4. The molecule has 0 aliphatic carbocycles. The van der Waals surface area contributed by atoms with E-state index in [2.05, 4.69) is 31.9 Å². The fraction of sp³-hybridized carbons (Fsp3) is 0.150. The fourth-order valence-electron chi connectivity index (χ4n) is 2.68. The summed E-state index contributed by atoms with van der Waals surface area (Å²) < 4.78 is 7.45. The van der Waals surface area contributed by atoms with E-state index in [4.69, 9.17) is 28.6 Å². The predicted octanol–water partition coefficient (Wildman–Crippen LogP) is 5.04. The normalized spacial score (nSPS) is 14.5. The Morgan fingerprint density at radius 3 is 2.21 bits per heavy atom. The van der Waals surface area contributed by atoms with Gasteiger partial charge in [0.05, 0.1) is 9.50 Å². The van der Waals surface area contributed by atoms with Crippen LogP contribution in [0.4, 0.5) is 0 Å². The highest BCUT2D eigenvalue weighted by molar-refractivity contribution is 9.10. The lowest BCUT2D eigenvalue weighted by Crippen LogP contribution is -2.52. The molecule has 0 radical (unpaired) electrons. The van der Waals surface area contributed by atoms with E-state index in [0.717, 1.165) is 10.0 Å². The molecule has 5 nitrogen and oxygen atoms in total.